The number of ether oxygens (including phenoxy) is 10. The smallest absolute Gasteiger partial charge is 0.491 e. The molecule has 2 fully saturated rings. The van der Waals surface area contributed by atoms with Crippen molar-refractivity contribution >= 4 is 50.0 Å². The predicted octanol–water partition coefficient (Wildman–Crippen LogP) is 7.63. The number of hydrogen-bond acceptors (Lipinski definition) is 20. The minimum atomic E-state index is -3.87. The van der Waals surface area contributed by atoms with Crippen LogP contribution in [0.4, 0.5) is 0 Å². The van der Waals surface area contributed by atoms with Crippen LogP contribution in [0.1, 0.15) is 93.3 Å². The number of carbonyl (C=O) groups excluding carboxylic acids is 7. The monoisotopic (exact) mass is 1230 g/mol. The van der Waals surface area contributed by atoms with Crippen molar-refractivity contribution < 1.29 is 99.8 Å². The minimum absolute atomic E-state index is 0.00915. The van der Waals surface area contributed by atoms with Crippen molar-refractivity contribution in [2.75, 3.05) is 32.8 Å². The molecule has 462 valence electrons. The molecule has 21 nitrogen and oxygen atoms in total. The zero-order chi connectivity index (χ0) is 63.1. The lowest BCUT2D eigenvalue weighted by atomic mass is 9.95. The number of carbonyl (C=O) groups is 7. The van der Waals surface area contributed by atoms with Crippen molar-refractivity contribution in [1.82, 2.24) is 0 Å². The Balaban J connectivity index is 0.00000138. The van der Waals surface area contributed by atoms with Crippen LogP contribution in [0.5, 0.6) is 0 Å². The SMILES string of the molecule is CC[NH+](CC)CC.O=C(OC[C@H]1O[C@@H](O[C@H]2[C@H](OC(=O)c3ccccc3)[C@H](OC(=O)c3ccccc3)[C@@H](O[P+](=O)[O-])O[C@@H]2COC(=O)c2ccccc2)[C@@H](OC(=O)c2ccccc2)[C@@H](OC(=O)c2ccccc2)[C@H]1OC(=O)c1ccccc1)c1ccccc1. The molecule has 7 aromatic rings. The average molecular weight is 1240 g/mol. The predicted molar refractivity (Wildman–Crippen MR) is 315 cm³/mol. The minimum Gasteiger partial charge on any atom is -0.566 e. The molecule has 2 heterocycles. The molecular formula is C67H65NO20P+. The van der Waals surface area contributed by atoms with Gasteiger partial charge in [0.25, 0.3) is 6.29 Å². The average Bonchev–Trinajstić information content (AvgIpc) is 1.16. The van der Waals surface area contributed by atoms with Gasteiger partial charge in [-0.25, -0.2) is 33.6 Å². The highest BCUT2D eigenvalue weighted by molar-refractivity contribution is 7.30. The van der Waals surface area contributed by atoms with E-state index in [9.17, 15) is 43.0 Å². The van der Waals surface area contributed by atoms with Gasteiger partial charge >= 0.3 is 50.0 Å². The lowest BCUT2D eigenvalue weighted by Gasteiger charge is -2.48. The second-order valence-corrected chi connectivity index (χ2v) is 20.6. The first-order valence-corrected chi connectivity index (χ1v) is 29.7. The molecule has 11 atom stereocenters. The molecule has 0 amide bonds. The summed E-state index contributed by atoms with van der Waals surface area (Å²) in [5.41, 5.74) is -0.0494. The van der Waals surface area contributed by atoms with Crippen LogP contribution >= 0.6 is 8.25 Å². The number of quaternary nitrogens is 1. The van der Waals surface area contributed by atoms with Gasteiger partial charge in [0.05, 0.1) is 58.6 Å². The van der Waals surface area contributed by atoms with Gasteiger partial charge in [-0.3, -0.25) is 0 Å². The molecular weight excluding hydrogens is 1170 g/mol. The molecule has 0 aromatic heterocycles. The number of esters is 7. The molecule has 0 aliphatic carbocycles. The number of nitrogens with one attached hydrogen (secondary N) is 1. The van der Waals surface area contributed by atoms with E-state index in [1.165, 1.54) is 141 Å². The first-order valence-electron chi connectivity index (χ1n) is 28.6. The van der Waals surface area contributed by atoms with Gasteiger partial charge in [-0.2, -0.15) is 0 Å². The number of benzene rings is 7. The zero-order valence-corrected chi connectivity index (χ0v) is 49.5. The zero-order valence-electron chi connectivity index (χ0n) is 48.6. The number of rotatable bonds is 23. The fourth-order valence-corrected chi connectivity index (χ4v) is 9.83. The Morgan fingerprint density at radius 1 is 0.360 bits per heavy atom. The highest BCUT2D eigenvalue weighted by Crippen LogP contribution is 2.38. The fraction of sp³-hybridized carbons (Fsp3) is 0.269. The molecule has 0 spiro atoms. The van der Waals surface area contributed by atoms with Gasteiger partial charge < -0.3 is 57.2 Å². The molecule has 2 aliphatic rings. The molecule has 89 heavy (non-hydrogen) atoms. The molecule has 0 bridgehead atoms. The Bertz CT molecular complexity index is 3420. The Kier molecular flexibility index (Phi) is 24.5. The standard InChI is InChI=1S/C61H49O20P.C6H15N/c62-53(38-22-8-1-9-23-38)71-36-45-47(75-55(64)40-26-12-3-13-27-40)49(76-56(65)41-28-14-4-15-29-41)51(78-58(67)43-32-18-6-19-33-43)60(73-45)80-48-46(37-72-54(63)39-24-10-2-11-25-39)74-61(81-82(69)70)52(79-59(68)44-34-20-7-21-35-44)50(48)77-57(66)42-30-16-5-17-31-42;1-4-7(5-2)6-3/h1-35,45-52,60-61H,36-37H2;4-6H2,1-3H3/p+1/t45-,46-,47+,48-,49+,50+,51+,52+,60+,61-;/m1./s1. The third kappa shape index (κ3) is 18.4. The quantitative estimate of drug-likeness (QED) is 0.0366. The lowest BCUT2D eigenvalue weighted by Crippen LogP contribution is -3.11. The molecule has 7 aromatic carbocycles. The normalized spacial score (nSPS) is 21.2. The molecule has 1 unspecified atom stereocenters. The van der Waals surface area contributed by atoms with Crippen molar-refractivity contribution in [2.45, 2.75) is 82.2 Å². The van der Waals surface area contributed by atoms with Crippen LogP contribution in [0.3, 0.4) is 0 Å². The summed E-state index contributed by atoms with van der Waals surface area (Å²) in [6.07, 6.45) is -20.0. The van der Waals surface area contributed by atoms with Gasteiger partial charge in [0.2, 0.25) is 0 Å². The highest BCUT2D eigenvalue weighted by Gasteiger charge is 2.59. The van der Waals surface area contributed by atoms with Crippen molar-refractivity contribution in [3.05, 3.63) is 251 Å². The number of hydrogen-bond donors (Lipinski definition) is 1. The van der Waals surface area contributed by atoms with E-state index in [0.29, 0.717) is 0 Å². The molecule has 1 N–H and O–H groups in total. The lowest BCUT2D eigenvalue weighted by molar-refractivity contribution is -0.894. The van der Waals surface area contributed by atoms with E-state index in [1.807, 2.05) is 0 Å². The summed E-state index contributed by atoms with van der Waals surface area (Å²) in [5, 5.41) is 0. The van der Waals surface area contributed by atoms with Gasteiger partial charge in [-0.1, -0.05) is 127 Å². The summed E-state index contributed by atoms with van der Waals surface area (Å²) in [7, 11) is -3.87. The van der Waals surface area contributed by atoms with E-state index in [1.54, 1.807) is 95.9 Å². The summed E-state index contributed by atoms with van der Waals surface area (Å²) in [6.45, 7) is 8.82. The Morgan fingerprint density at radius 3 is 0.899 bits per heavy atom. The van der Waals surface area contributed by atoms with Crippen LogP contribution in [0, 0.1) is 0 Å². The second kappa shape index (κ2) is 33.2. The van der Waals surface area contributed by atoms with Crippen molar-refractivity contribution in [2.24, 2.45) is 0 Å². The summed E-state index contributed by atoms with van der Waals surface area (Å²) >= 11 is 0. The van der Waals surface area contributed by atoms with Crippen LogP contribution in [0.25, 0.3) is 0 Å². The summed E-state index contributed by atoms with van der Waals surface area (Å²) < 4.78 is 80.1. The van der Waals surface area contributed by atoms with Gasteiger partial charge in [-0.05, 0) is 110 Å². The third-order valence-electron chi connectivity index (χ3n) is 14.2. The Hall–Kier alpha value is -9.31. The van der Waals surface area contributed by atoms with Crippen molar-refractivity contribution in [3.63, 3.8) is 0 Å². The Morgan fingerprint density at radius 2 is 0.607 bits per heavy atom. The maximum atomic E-state index is 14.5. The van der Waals surface area contributed by atoms with E-state index in [4.69, 9.17) is 51.9 Å². The maximum absolute atomic E-state index is 14.5. The van der Waals surface area contributed by atoms with Gasteiger partial charge in [0.15, 0.2) is 36.8 Å². The second-order valence-electron chi connectivity index (χ2n) is 19.9. The highest BCUT2D eigenvalue weighted by atomic mass is 31.1. The van der Waals surface area contributed by atoms with Crippen LogP contribution < -0.4 is 9.79 Å². The topological polar surface area (TPSA) is 266 Å². The van der Waals surface area contributed by atoms with Crippen LogP contribution in [0.2, 0.25) is 0 Å². The largest absolute Gasteiger partial charge is 0.566 e. The fourth-order valence-electron chi connectivity index (χ4n) is 9.49. The van der Waals surface area contributed by atoms with Crippen LogP contribution in [-0.4, -0.2) is 136 Å². The summed E-state index contributed by atoms with van der Waals surface area (Å²) in [4.78, 5) is 114. The van der Waals surface area contributed by atoms with Gasteiger partial charge in [-0.15, -0.1) is 4.52 Å². The van der Waals surface area contributed by atoms with E-state index in [2.05, 4.69) is 20.8 Å². The molecule has 9 rings (SSSR count). The first-order chi connectivity index (χ1) is 43.2. The van der Waals surface area contributed by atoms with Gasteiger partial charge in [0.1, 0.15) is 31.5 Å². The van der Waals surface area contributed by atoms with E-state index in [0.717, 1.165) is 0 Å². The summed E-state index contributed by atoms with van der Waals surface area (Å²) in [5.74, 6) is -7.13. The van der Waals surface area contributed by atoms with Crippen LogP contribution in [-0.2, 0) is 56.5 Å². The summed E-state index contributed by atoms with van der Waals surface area (Å²) in [6, 6.07) is 53.0. The molecule has 0 radical (unpaired) electrons. The molecule has 2 saturated heterocycles. The van der Waals surface area contributed by atoms with Crippen molar-refractivity contribution in [1.29, 1.82) is 0 Å². The molecule has 2 aliphatic heterocycles. The molecule has 0 saturated carbocycles. The van der Waals surface area contributed by atoms with E-state index < -0.39 is 125 Å². The third-order valence-corrected chi connectivity index (χ3v) is 14.6. The molecule has 22 heteroatoms. The first kappa shape index (κ1) is 65.7. The van der Waals surface area contributed by atoms with Crippen LogP contribution in [0.15, 0.2) is 212 Å². The Labute approximate surface area is 514 Å². The van der Waals surface area contributed by atoms with Crippen molar-refractivity contribution in [3.8, 4) is 0 Å². The van der Waals surface area contributed by atoms with E-state index in [-0.39, 0.29) is 38.9 Å². The van der Waals surface area contributed by atoms with Gasteiger partial charge in [0, 0.05) is 0 Å². The van der Waals surface area contributed by atoms with E-state index >= 15 is 0 Å². The maximum Gasteiger partial charge on any atom is 0.491 e.